The van der Waals surface area contributed by atoms with Crippen molar-refractivity contribution in [3.8, 4) is 0 Å². The third-order valence-electron chi connectivity index (χ3n) is 3.45. The minimum absolute atomic E-state index is 1.09. The first-order valence-electron chi connectivity index (χ1n) is 6.79. The Morgan fingerprint density at radius 3 is 2.29 bits per heavy atom. The number of imidazole rings is 1. The molecule has 0 amide bonds. The first-order valence-corrected chi connectivity index (χ1v) is 6.79. The number of rotatable bonds is 6. The fraction of sp³-hybridized carbons (Fsp3) is 0.769. The van der Waals surface area contributed by atoms with E-state index in [9.17, 15) is 0 Å². The molecule has 1 aliphatic rings. The van der Waals surface area contributed by atoms with Crippen LogP contribution >= 0.6 is 0 Å². The summed E-state index contributed by atoms with van der Waals surface area (Å²) in [5.41, 5.74) is 0. The minimum atomic E-state index is 1.09. The maximum absolute atomic E-state index is 4.06. The third kappa shape index (κ3) is 4.13. The summed E-state index contributed by atoms with van der Waals surface area (Å²) >= 11 is 0. The van der Waals surface area contributed by atoms with E-state index in [0.717, 1.165) is 6.54 Å². The Morgan fingerprint density at radius 1 is 1.00 bits per heavy atom. The number of hydrogen-bond donors (Lipinski definition) is 0. The molecule has 0 spiro atoms. The van der Waals surface area contributed by atoms with Crippen molar-refractivity contribution in [3.63, 3.8) is 0 Å². The fourth-order valence-corrected chi connectivity index (χ4v) is 2.45. The molecule has 0 atom stereocenters. The zero-order valence-electron chi connectivity index (χ0n) is 10.9. The van der Waals surface area contributed by atoms with Crippen LogP contribution < -0.4 is 0 Å². The summed E-state index contributed by atoms with van der Waals surface area (Å²) in [5, 5.41) is 0. The molecule has 2 heterocycles. The Balaban J connectivity index is 1.58. The van der Waals surface area contributed by atoms with E-state index in [1.807, 2.05) is 18.7 Å². The molecule has 0 radical (unpaired) electrons. The van der Waals surface area contributed by atoms with Crippen molar-refractivity contribution in [3.05, 3.63) is 18.7 Å². The molecule has 2 rings (SSSR count). The molecule has 0 bridgehead atoms. The highest BCUT2D eigenvalue weighted by molar-refractivity contribution is 4.75. The van der Waals surface area contributed by atoms with Gasteiger partial charge in [-0.2, -0.15) is 0 Å². The monoisotopic (exact) mass is 236 g/mol. The second-order valence-corrected chi connectivity index (χ2v) is 4.84. The van der Waals surface area contributed by atoms with Crippen LogP contribution in [0.2, 0.25) is 0 Å². The van der Waals surface area contributed by atoms with Gasteiger partial charge in [-0.25, -0.2) is 4.98 Å². The molecule has 17 heavy (non-hydrogen) atoms. The summed E-state index contributed by atoms with van der Waals surface area (Å²) in [7, 11) is 0. The lowest BCUT2D eigenvalue weighted by molar-refractivity contribution is 0.130. The van der Waals surface area contributed by atoms with Gasteiger partial charge in [0.15, 0.2) is 0 Å². The maximum Gasteiger partial charge on any atom is 0.0945 e. The van der Waals surface area contributed by atoms with Crippen LogP contribution in [0.15, 0.2) is 18.7 Å². The van der Waals surface area contributed by atoms with Crippen LogP contribution in [0.4, 0.5) is 0 Å². The quantitative estimate of drug-likeness (QED) is 0.744. The van der Waals surface area contributed by atoms with Gasteiger partial charge in [0.1, 0.15) is 0 Å². The molecule has 4 nitrogen and oxygen atoms in total. The largest absolute Gasteiger partial charge is 0.337 e. The molecule has 1 aliphatic heterocycles. The van der Waals surface area contributed by atoms with Crippen molar-refractivity contribution in [1.29, 1.82) is 0 Å². The summed E-state index contributed by atoms with van der Waals surface area (Å²) in [6, 6.07) is 0. The second kappa shape index (κ2) is 6.77. The second-order valence-electron chi connectivity index (χ2n) is 4.84. The Morgan fingerprint density at radius 2 is 1.71 bits per heavy atom. The minimum Gasteiger partial charge on any atom is -0.337 e. The molecule has 0 unspecified atom stereocenters. The van der Waals surface area contributed by atoms with Gasteiger partial charge in [-0.1, -0.05) is 6.92 Å². The van der Waals surface area contributed by atoms with Gasteiger partial charge in [-0.3, -0.25) is 0 Å². The normalized spacial score (nSPS) is 18.6. The van der Waals surface area contributed by atoms with Gasteiger partial charge in [-0.05, 0) is 25.9 Å². The lowest BCUT2D eigenvalue weighted by Gasteiger charge is -2.34. The Hall–Kier alpha value is -0.870. The first-order chi connectivity index (χ1) is 8.38. The van der Waals surface area contributed by atoms with Crippen LogP contribution in [0.1, 0.15) is 19.8 Å². The molecular formula is C13H24N4. The van der Waals surface area contributed by atoms with E-state index in [0.29, 0.717) is 0 Å². The van der Waals surface area contributed by atoms with E-state index in [1.165, 1.54) is 52.1 Å². The van der Waals surface area contributed by atoms with Crippen molar-refractivity contribution in [1.82, 2.24) is 19.4 Å². The van der Waals surface area contributed by atoms with Crippen LogP contribution in [-0.2, 0) is 6.54 Å². The highest BCUT2D eigenvalue weighted by Crippen LogP contribution is 2.03. The number of piperazine rings is 1. The topological polar surface area (TPSA) is 24.3 Å². The molecular weight excluding hydrogens is 212 g/mol. The molecule has 1 fully saturated rings. The molecule has 0 aliphatic carbocycles. The van der Waals surface area contributed by atoms with Crippen LogP contribution in [0.25, 0.3) is 0 Å². The smallest absolute Gasteiger partial charge is 0.0945 e. The maximum atomic E-state index is 4.06. The van der Waals surface area contributed by atoms with E-state index in [1.54, 1.807) is 0 Å². The van der Waals surface area contributed by atoms with Crippen LogP contribution in [0.3, 0.4) is 0 Å². The number of aromatic nitrogens is 2. The standard InChI is InChI=1S/C13H24N4/c1-2-5-15-9-11-16(12-10-15)6-3-7-17-8-4-14-13-17/h4,8,13H,2-3,5-7,9-12H2,1H3. The Labute approximate surface area is 104 Å². The van der Waals surface area contributed by atoms with Gasteiger partial charge in [-0.15, -0.1) is 0 Å². The zero-order chi connectivity index (χ0) is 11.9. The number of hydrogen-bond acceptors (Lipinski definition) is 3. The van der Waals surface area contributed by atoms with Crippen LogP contribution in [0, 0.1) is 0 Å². The Bertz CT molecular complexity index is 288. The van der Waals surface area contributed by atoms with Crippen molar-refractivity contribution in [2.45, 2.75) is 26.3 Å². The van der Waals surface area contributed by atoms with Crippen LogP contribution in [0.5, 0.6) is 0 Å². The predicted molar refractivity (Wildman–Crippen MR) is 70.0 cm³/mol. The van der Waals surface area contributed by atoms with Gasteiger partial charge in [0.05, 0.1) is 6.33 Å². The van der Waals surface area contributed by atoms with Gasteiger partial charge in [0.25, 0.3) is 0 Å². The third-order valence-corrected chi connectivity index (χ3v) is 3.45. The first kappa shape index (κ1) is 12.6. The summed E-state index contributed by atoms with van der Waals surface area (Å²) in [6.45, 7) is 10.8. The average Bonchev–Trinajstić information content (AvgIpc) is 2.85. The lowest BCUT2D eigenvalue weighted by atomic mass is 10.2. The Kier molecular flexibility index (Phi) is 5.01. The van der Waals surface area contributed by atoms with Gasteiger partial charge >= 0.3 is 0 Å². The van der Waals surface area contributed by atoms with E-state index in [2.05, 4.69) is 26.3 Å². The summed E-state index contributed by atoms with van der Waals surface area (Å²) in [4.78, 5) is 9.22. The molecule has 1 saturated heterocycles. The summed E-state index contributed by atoms with van der Waals surface area (Å²) in [5.74, 6) is 0. The number of aryl methyl sites for hydroxylation is 1. The molecule has 96 valence electrons. The van der Waals surface area contributed by atoms with Gasteiger partial charge < -0.3 is 14.4 Å². The summed E-state index contributed by atoms with van der Waals surface area (Å²) in [6.07, 6.45) is 8.30. The molecule has 1 aromatic rings. The highest BCUT2D eigenvalue weighted by atomic mass is 15.3. The van der Waals surface area contributed by atoms with E-state index in [-0.39, 0.29) is 0 Å². The molecule has 1 aromatic heterocycles. The van der Waals surface area contributed by atoms with E-state index < -0.39 is 0 Å². The zero-order valence-corrected chi connectivity index (χ0v) is 10.9. The molecule has 0 aromatic carbocycles. The SMILES string of the molecule is CCCN1CCN(CCCn2ccnc2)CC1. The van der Waals surface area contributed by atoms with Crippen molar-refractivity contribution in [2.75, 3.05) is 39.3 Å². The predicted octanol–water partition coefficient (Wildman–Crippen LogP) is 1.30. The van der Waals surface area contributed by atoms with Crippen molar-refractivity contribution < 1.29 is 0 Å². The van der Waals surface area contributed by atoms with Gasteiger partial charge in [0, 0.05) is 45.1 Å². The van der Waals surface area contributed by atoms with Crippen molar-refractivity contribution in [2.24, 2.45) is 0 Å². The molecule has 0 N–H and O–H groups in total. The van der Waals surface area contributed by atoms with E-state index in [4.69, 9.17) is 0 Å². The van der Waals surface area contributed by atoms with Gasteiger partial charge in [0.2, 0.25) is 0 Å². The molecule has 4 heteroatoms. The average molecular weight is 236 g/mol. The number of nitrogens with zero attached hydrogens (tertiary/aromatic N) is 4. The highest BCUT2D eigenvalue weighted by Gasteiger charge is 2.15. The van der Waals surface area contributed by atoms with Crippen molar-refractivity contribution >= 4 is 0 Å². The van der Waals surface area contributed by atoms with Crippen LogP contribution in [-0.4, -0.2) is 58.6 Å². The van der Waals surface area contributed by atoms with E-state index >= 15 is 0 Å². The lowest BCUT2D eigenvalue weighted by Crippen LogP contribution is -2.46. The molecule has 0 saturated carbocycles. The fourth-order valence-electron chi connectivity index (χ4n) is 2.45. The summed E-state index contributed by atoms with van der Waals surface area (Å²) < 4.78 is 2.16.